The van der Waals surface area contributed by atoms with Crippen molar-refractivity contribution in [2.45, 2.75) is 26.3 Å². The van der Waals surface area contributed by atoms with Gasteiger partial charge >= 0.3 is 0 Å². The van der Waals surface area contributed by atoms with Gasteiger partial charge in [0.05, 0.1) is 16.5 Å². The monoisotopic (exact) mass is 414 g/mol. The number of hydrogen-bond acceptors (Lipinski definition) is 5. The Bertz CT molecular complexity index is 1010. The lowest BCUT2D eigenvalue weighted by Crippen LogP contribution is -2.46. The van der Waals surface area contributed by atoms with Gasteiger partial charge in [0.1, 0.15) is 5.82 Å². The van der Waals surface area contributed by atoms with Crippen LogP contribution in [0.25, 0.3) is 16.3 Å². The molecule has 0 radical (unpaired) electrons. The molecule has 3 heterocycles. The van der Waals surface area contributed by atoms with E-state index in [0.29, 0.717) is 16.8 Å². The first-order valence-corrected chi connectivity index (χ1v) is 10.3. The zero-order valence-electron chi connectivity index (χ0n) is 15.5. The van der Waals surface area contributed by atoms with Crippen LogP contribution in [0.15, 0.2) is 52.0 Å². The summed E-state index contributed by atoms with van der Waals surface area (Å²) in [5.74, 6) is 0.708. The lowest BCUT2D eigenvalue weighted by Gasteiger charge is -2.37. The number of allylic oxidation sites excluding steroid dienone is 1. The second-order valence-corrected chi connectivity index (χ2v) is 7.82. The summed E-state index contributed by atoms with van der Waals surface area (Å²) in [6, 6.07) is 9.98. The molecule has 8 heteroatoms. The van der Waals surface area contributed by atoms with Crippen LogP contribution in [0.5, 0.6) is 0 Å². The number of rotatable bonds is 5. The fraction of sp³-hybridized carbons (Fsp3) is 0.250. The SMILES string of the molecule is CCCN1C(=S)NC(c2ccc(F)cc2)C(c2nc(-c3cccs3)no2)=C1C. The Morgan fingerprint density at radius 3 is 2.75 bits per heavy atom. The van der Waals surface area contributed by atoms with Crippen LogP contribution in [0.3, 0.4) is 0 Å². The lowest BCUT2D eigenvalue weighted by molar-refractivity contribution is 0.396. The third-order valence-electron chi connectivity index (χ3n) is 4.64. The van der Waals surface area contributed by atoms with Crippen molar-refractivity contribution in [3.63, 3.8) is 0 Å². The van der Waals surface area contributed by atoms with Gasteiger partial charge in [-0.2, -0.15) is 4.98 Å². The summed E-state index contributed by atoms with van der Waals surface area (Å²) in [6.07, 6.45) is 0.942. The van der Waals surface area contributed by atoms with Crippen molar-refractivity contribution in [1.29, 1.82) is 0 Å². The van der Waals surface area contributed by atoms with Gasteiger partial charge < -0.3 is 14.7 Å². The summed E-state index contributed by atoms with van der Waals surface area (Å²) in [4.78, 5) is 7.61. The van der Waals surface area contributed by atoms with Crippen LogP contribution in [-0.2, 0) is 0 Å². The maximum atomic E-state index is 13.4. The lowest BCUT2D eigenvalue weighted by atomic mass is 9.94. The number of nitrogens with zero attached hydrogens (tertiary/aromatic N) is 3. The number of nitrogens with one attached hydrogen (secondary N) is 1. The second-order valence-electron chi connectivity index (χ2n) is 6.49. The summed E-state index contributed by atoms with van der Waals surface area (Å²) in [7, 11) is 0. The van der Waals surface area contributed by atoms with Gasteiger partial charge in [-0.25, -0.2) is 4.39 Å². The molecule has 1 aliphatic rings. The van der Waals surface area contributed by atoms with E-state index >= 15 is 0 Å². The van der Waals surface area contributed by atoms with Crippen molar-refractivity contribution in [2.75, 3.05) is 6.54 Å². The third-order valence-corrected chi connectivity index (χ3v) is 5.85. The second kappa shape index (κ2) is 7.81. The molecule has 4 rings (SSSR count). The quantitative estimate of drug-likeness (QED) is 0.593. The van der Waals surface area contributed by atoms with E-state index in [4.69, 9.17) is 16.7 Å². The van der Waals surface area contributed by atoms with E-state index in [-0.39, 0.29) is 11.9 Å². The molecule has 0 spiro atoms. The van der Waals surface area contributed by atoms with Crippen molar-refractivity contribution < 1.29 is 8.91 Å². The standard InChI is InChI=1S/C20H19FN4OS2/c1-3-10-25-12(2)16(19-23-18(24-26-19)15-5-4-11-28-15)17(22-20(25)27)13-6-8-14(21)9-7-13/h4-9,11,17H,3,10H2,1-2H3,(H,22,27). The van der Waals surface area contributed by atoms with Crippen LogP contribution in [0.2, 0.25) is 0 Å². The van der Waals surface area contributed by atoms with Crippen LogP contribution in [0, 0.1) is 5.82 Å². The predicted octanol–water partition coefficient (Wildman–Crippen LogP) is 5.01. The van der Waals surface area contributed by atoms with Crippen molar-refractivity contribution in [1.82, 2.24) is 20.4 Å². The molecule has 1 aromatic carbocycles. The number of thiocarbonyl (C=S) groups is 1. The molecule has 5 nitrogen and oxygen atoms in total. The van der Waals surface area contributed by atoms with Crippen molar-refractivity contribution >= 4 is 34.2 Å². The number of halogens is 1. The molecule has 1 unspecified atom stereocenters. The topological polar surface area (TPSA) is 54.2 Å². The fourth-order valence-electron chi connectivity index (χ4n) is 3.30. The van der Waals surface area contributed by atoms with E-state index in [1.54, 1.807) is 23.5 Å². The van der Waals surface area contributed by atoms with Gasteiger partial charge in [0.25, 0.3) is 5.89 Å². The maximum absolute atomic E-state index is 13.4. The minimum Gasteiger partial charge on any atom is -0.351 e. The predicted molar refractivity (Wildman–Crippen MR) is 112 cm³/mol. The molecule has 0 fully saturated rings. The molecule has 1 N–H and O–H groups in total. The molecule has 1 atom stereocenters. The summed E-state index contributed by atoms with van der Waals surface area (Å²) in [5.41, 5.74) is 2.69. The van der Waals surface area contributed by atoms with E-state index in [2.05, 4.69) is 22.4 Å². The third kappa shape index (κ3) is 3.45. The molecule has 0 saturated heterocycles. The Balaban J connectivity index is 1.82. The Hall–Kier alpha value is -2.58. The van der Waals surface area contributed by atoms with Gasteiger partial charge in [-0.15, -0.1) is 11.3 Å². The van der Waals surface area contributed by atoms with E-state index in [1.165, 1.54) is 12.1 Å². The Kier molecular flexibility index (Phi) is 5.23. The summed E-state index contributed by atoms with van der Waals surface area (Å²) in [6.45, 7) is 4.89. The molecule has 1 aliphatic heterocycles. The van der Waals surface area contributed by atoms with E-state index in [9.17, 15) is 4.39 Å². The van der Waals surface area contributed by atoms with Crippen LogP contribution in [0.1, 0.15) is 37.8 Å². The van der Waals surface area contributed by atoms with E-state index in [0.717, 1.165) is 34.7 Å². The zero-order chi connectivity index (χ0) is 19.7. The highest BCUT2D eigenvalue weighted by molar-refractivity contribution is 7.80. The van der Waals surface area contributed by atoms with Crippen molar-refractivity contribution in [3.05, 3.63) is 64.7 Å². The first kappa shape index (κ1) is 18.8. The minimum atomic E-state index is -0.294. The van der Waals surface area contributed by atoms with Crippen LogP contribution in [-0.4, -0.2) is 26.7 Å². The van der Waals surface area contributed by atoms with Gasteiger partial charge in [-0.05, 0) is 54.7 Å². The first-order chi connectivity index (χ1) is 13.6. The average Bonchev–Trinajstić information content (AvgIpc) is 3.37. The van der Waals surface area contributed by atoms with Gasteiger partial charge in [-0.1, -0.05) is 30.3 Å². The molecule has 3 aromatic rings. The highest BCUT2D eigenvalue weighted by Gasteiger charge is 2.33. The van der Waals surface area contributed by atoms with E-state index in [1.807, 2.05) is 29.3 Å². The molecule has 0 saturated carbocycles. The maximum Gasteiger partial charge on any atom is 0.258 e. The average molecular weight is 415 g/mol. The number of benzene rings is 1. The molecule has 144 valence electrons. The van der Waals surface area contributed by atoms with Crippen molar-refractivity contribution in [3.8, 4) is 10.7 Å². The molecule has 0 aliphatic carbocycles. The highest BCUT2D eigenvalue weighted by atomic mass is 32.1. The molecule has 0 amide bonds. The summed E-state index contributed by atoms with van der Waals surface area (Å²) < 4.78 is 19.1. The number of thiophene rings is 1. The molecule has 28 heavy (non-hydrogen) atoms. The number of aromatic nitrogens is 2. The molecular formula is C20H19FN4OS2. The van der Waals surface area contributed by atoms with Crippen LogP contribution in [0.4, 0.5) is 4.39 Å². The van der Waals surface area contributed by atoms with Crippen LogP contribution >= 0.6 is 23.6 Å². The Labute approximate surface area is 171 Å². The van der Waals surface area contributed by atoms with Gasteiger partial charge in [-0.3, -0.25) is 0 Å². The molecule has 0 bridgehead atoms. The molecule has 2 aromatic heterocycles. The normalized spacial score (nSPS) is 17.2. The fourth-order valence-corrected chi connectivity index (χ4v) is 4.29. The smallest absolute Gasteiger partial charge is 0.258 e. The molecular weight excluding hydrogens is 395 g/mol. The largest absolute Gasteiger partial charge is 0.351 e. The highest BCUT2D eigenvalue weighted by Crippen LogP contribution is 2.37. The van der Waals surface area contributed by atoms with Crippen LogP contribution < -0.4 is 5.32 Å². The Morgan fingerprint density at radius 1 is 1.29 bits per heavy atom. The first-order valence-electron chi connectivity index (χ1n) is 9.00. The Morgan fingerprint density at radius 2 is 2.07 bits per heavy atom. The van der Waals surface area contributed by atoms with Crippen molar-refractivity contribution in [2.24, 2.45) is 0 Å². The minimum absolute atomic E-state index is 0.283. The van der Waals surface area contributed by atoms with Gasteiger partial charge in [0.2, 0.25) is 5.82 Å². The van der Waals surface area contributed by atoms with Gasteiger partial charge in [0, 0.05) is 12.2 Å². The summed E-state index contributed by atoms with van der Waals surface area (Å²) in [5, 5.41) is 10.1. The number of hydrogen-bond donors (Lipinski definition) is 1. The van der Waals surface area contributed by atoms with E-state index < -0.39 is 0 Å². The zero-order valence-corrected chi connectivity index (χ0v) is 17.1. The van der Waals surface area contributed by atoms with Gasteiger partial charge in [0.15, 0.2) is 5.11 Å². The summed E-state index contributed by atoms with van der Waals surface area (Å²) >= 11 is 7.14.